The highest BCUT2D eigenvalue weighted by atomic mass is 35.5. The number of nitrogens with one attached hydrogen (secondary N) is 1. The maximum Gasteiger partial charge on any atom is 0.237 e. The number of hydrogen-bond donors (Lipinski definition) is 1. The molecule has 0 saturated carbocycles. The van der Waals surface area contributed by atoms with Gasteiger partial charge in [-0.1, -0.05) is 36.7 Å². The van der Waals surface area contributed by atoms with Crippen LogP contribution in [0.3, 0.4) is 0 Å². The molecule has 2 rings (SSSR count). The molecule has 1 aromatic carbocycles. The SMILES string of the molecule is CCCNc1ncc(Cl)c(OCCOc2ccccc2)n1. The van der Waals surface area contributed by atoms with E-state index in [1.54, 1.807) is 0 Å². The van der Waals surface area contributed by atoms with Crippen molar-refractivity contribution in [3.63, 3.8) is 0 Å². The van der Waals surface area contributed by atoms with Gasteiger partial charge in [-0.2, -0.15) is 4.98 Å². The van der Waals surface area contributed by atoms with Gasteiger partial charge in [0.25, 0.3) is 0 Å². The Balaban J connectivity index is 1.82. The van der Waals surface area contributed by atoms with Gasteiger partial charge in [0.2, 0.25) is 11.8 Å². The molecule has 6 heteroatoms. The molecule has 0 radical (unpaired) electrons. The van der Waals surface area contributed by atoms with Crippen molar-refractivity contribution in [2.45, 2.75) is 13.3 Å². The molecule has 0 unspecified atom stereocenters. The second kappa shape index (κ2) is 8.32. The predicted octanol–water partition coefficient (Wildman–Crippen LogP) is 3.41. The highest BCUT2D eigenvalue weighted by Crippen LogP contribution is 2.21. The average Bonchev–Trinajstić information content (AvgIpc) is 2.53. The zero-order chi connectivity index (χ0) is 14.9. The monoisotopic (exact) mass is 307 g/mol. The van der Waals surface area contributed by atoms with Crippen molar-refractivity contribution < 1.29 is 9.47 Å². The summed E-state index contributed by atoms with van der Waals surface area (Å²) < 4.78 is 11.1. The quantitative estimate of drug-likeness (QED) is 0.757. The van der Waals surface area contributed by atoms with Crippen molar-refractivity contribution in [1.29, 1.82) is 0 Å². The largest absolute Gasteiger partial charge is 0.490 e. The normalized spacial score (nSPS) is 10.2. The topological polar surface area (TPSA) is 56.3 Å². The minimum Gasteiger partial charge on any atom is -0.490 e. The molecule has 0 amide bonds. The molecule has 0 aliphatic carbocycles. The van der Waals surface area contributed by atoms with Crippen LogP contribution in [-0.2, 0) is 0 Å². The fourth-order valence-corrected chi connectivity index (χ4v) is 1.73. The Bertz CT molecular complexity index is 552. The summed E-state index contributed by atoms with van der Waals surface area (Å²) in [7, 11) is 0. The highest BCUT2D eigenvalue weighted by Gasteiger charge is 2.06. The molecule has 0 aliphatic rings. The number of rotatable bonds is 8. The highest BCUT2D eigenvalue weighted by molar-refractivity contribution is 6.31. The van der Waals surface area contributed by atoms with Crippen molar-refractivity contribution in [3.8, 4) is 11.6 Å². The van der Waals surface area contributed by atoms with Crippen LogP contribution in [0.5, 0.6) is 11.6 Å². The number of aromatic nitrogens is 2. The maximum absolute atomic E-state index is 6.01. The van der Waals surface area contributed by atoms with Gasteiger partial charge in [-0.15, -0.1) is 0 Å². The lowest BCUT2D eigenvalue weighted by Gasteiger charge is -2.10. The molecule has 0 saturated heterocycles. The van der Waals surface area contributed by atoms with Gasteiger partial charge in [0.1, 0.15) is 24.0 Å². The molecule has 112 valence electrons. The van der Waals surface area contributed by atoms with Crippen molar-refractivity contribution in [2.75, 3.05) is 25.1 Å². The molecular formula is C15H18ClN3O2. The van der Waals surface area contributed by atoms with E-state index in [1.165, 1.54) is 6.20 Å². The fraction of sp³-hybridized carbons (Fsp3) is 0.333. The van der Waals surface area contributed by atoms with E-state index < -0.39 is 0 Å². The predicted molar refractivity (Wildman–Crippen MR) is 83.3 cm³/mol. The van der Waals surface area contributed by atoms with Crippen LogP contribution in [0, 0.1) is 0 Å². The van der Waals surface area contributed by atoms with Gasteiger partial charge in [-0.05, 0) is 18.6 Å². The molecule has 5 nitrogen and oxygen atoms in total. The van der Waals surface area contributed by atoms with E-state index in [2.05, 4.69) is 22.2 Å². The number of hydrogen-bond acceptors (Lipinski definition) is 5. The summed E-state index contributed by atoms with van der Waals surface area (Å²) in [5.74, 6) is 1.68. The van der Waals surface area contributed by atoms with Crippen LogP contribution in [0.2, 0.25) is 5.02 Å². The number of ether oxygens (including phenoxy) is 2. The van der Waals surface area contributed by atoms with Gasteiger partial charge in [0.15, 0.2) is 0 Å². The summed E-state index contributed by atoms with van der Waals surface area (Å²) in [5, 5.41) is 3.47. The lowest BCUT2D eigenvalue weighted by molar-refractivity contribution is 0.212. The van der Waals surface area contributed by atoms with Crippen LogP contribution >= 0.6 is 11.6 Å². The van der Waals surface area contributed by atoms with Crippen LogP contribution in [0.25, 0.3) is 0 Å². The van der Waals surface area contributed by atoms with Crippen molar-refractivity contribution >= 4 is 17.5 Å². The third-order valence-electron chi connectivity index (χ3n) is 2.58. The molecule has 0 aliphatic heterocycles. The molecule has 0 fully saturated rings. The van der Waals surface area contributed by atoms with E-state index in [1.807, 2.05) is 30.3 Å². The van der Waals surface area contributed by atoms with Crippen LogP contribution in [0.15, 0.2) is 36.5 Å². The summed E-state index contributed by atoms with van der Waals surface area (Å²) >= 11 is 6.01. The summed E-state index contributed by atoms with van der Waals surface area (Å²) in [6.45, 7) is 3.65. The van der Waals surface area contributed by atoms with Crippen molar-refractivity contribution in [2.24, 2.45) is 0 Å². The number of halogens is 1. The third-order valence-corrected chi connectivity index (χ3v) is 2.84. The first-order valence-electron chi connectivity index (χ1n) is 6.86. The van der Waals surface area contributed by atoms with Crippen LogP contribution in [0.4, 0.5) is 5.95 Å². The Morgan fingerprint density at radius 3 is 2.67 bits per heavy atom. The van der Waals surface area contributed by atoms with Gasteiger partial charge >= 0.3 is 0 Å². The van der Waals surface area contributed by atoms with E-state index in [0.717, 1.165) is 18.7 Å². The summed E-state index contributed by atoms with van der Waals surface area (Å²) in [6.07, 6.45) is 2.52. The fourth-order valence-electron chi connectivity index (χ4n) is 1.59. The average molecular weight is 308 g/mol. The first kappa shape index (κ1) is 15.4. The second-order valence-corrected chi connectivity index (χ2v) is 4.69. The molecule has 1 heterocycles. The first-order chi connectivity index (χ1) is 10.3. The molecule has 21 heavy (non-hydrogen) atoms. The summed E-state index contributed by atoms with van der Waals surface area (Å²) in [6, 6.07) is 9.57. The zero-order valence-electron chi connectivity index (χ0n) is 11.9. The standard InChI is InChI=1S/C15H18ClN3O2/c1-2-8-17-15-18-11-13(16)14(19-15)21-10-9-20-12-6-4-3-5-7-12/h3-7,11H,2,8-10H2,1H3,(H,17,18,19). The molecular weight excluding hydrogens is 290 g/mol. The van der Waals surface area contributed by atoms with Gasteiger partial charge in [0, 0.05) is 6.54 Å². The van der Waals surface area contributed by atoms with E-state index in [9.17, 15) is 0 Å². The van der Waals surface area contributed by atoms with Crippen LogP contribution < -0.4 is 14.8 Å². The summed E-state index contributed by atoms with van der Waals surface area (Å²) in [5.41, 5.74) is 0. The van der Waals surface area contributed by atoms with E-state index in [4.69, 9.17) is 21.1 Å². The van der Waals surface area contributed by atoms with Gasteiger partial charge in [-0.3, -0.25) is 0 Å². The van der Waals surface area contributed by atoms with E-state index in [0.29, 0.717) is 30.1 Å². The third kappa shape index (κ3) is 5.11. The number of benzene rings is 1. The Kier molecular flexibility index (Phi) is 6.09. The van der Waals surface area contributed by atoms with Crippen molar-refractivity contribution in [3.05, 3.63) is 41.6 Å². The summed E-state index contributed by atoms with van der Waals surface area (Å²) in [4.78, 5) is 8.31. The van der Waals surface area contributed by atoms with Gasteiger partial charge in [-0.25, -0.2) is 4.98 Å². The molecule has 0 spiro atoms. The van der Waals surface area contributed by atoms with Crippen LogP contribution in [0.1, 0.15) is 13.3 Å². The number of para-hydroxylation sites is 1. The first-order valence-corrected chi connectivity index (χ1v) is 7.24. The Morgan fingerprint density at radius 2 is 1.90 bits per heavy atom. The van der Waals surface area contributed by atoms with E-state index >= 15 is 0 Å². The number of anilines is 1. The smallest absolute Gasteiger partial charge is 0.237 e. The minimum atomic E-state index is 0.360. The molecule has 2 aromatic rings. The molecule has 1 N–H and O–H groups in total. The lowest BCUT2D eigenvalue weighted by atomic mass is 10.3. The lowest BCUT2D eigenvalue weighted by Crippen LogP contribution is -2.11. The Morgan fingerprint density at radius 1 is 1.14 bits per heavy atom. The van der Waals surface area contributed by atoms with Crippen LogP contribution in [-0.4, -0.2) is 29.7 Å². The van der Waals surface area contributed by atoms with Gasteiger partial charge in [0.05, 0.1) is 6.20 Å². The van der Waals surface area contributed by atoms with Gasteiger partial charge < -0.3 is 14.8 Å². The molecule has 0 bridgehead atoms. The maximum atomic E-state index is 6.01. The molecule has 0 atom stereocenters. The molecule has 1 aromatic heterocycles. The second-order valence-electron chi connectivity index (χ2n) is 4.28. The van der Waals surface area contributed by atoms with Crippen molar-refractivity contribution in [1.82, 2.24) is 9.97 Å². The Hall–Kier alpha value is -2.01. The minimum absolute atomic E-state index is 0.360. The van der Waals surface area contributed by atoms with E-state index in [-0.39, 0.29) is 0 Å². The Labute approximate surface area is 129 Å². The number of nitrogens with zero attached hydrogens (tertiary/aromatic N) is 2. The zero-order valence-corrected chi connectivity index (χ0v) is 12.6.